The lowest BCUT2D eigenvalue weighted by atomic mass is 9.96. The average molecular weight is 284 g/mol. The molecular formula is C18H24N2O. The normalized spacial score (nSPS) is 12.1. The Labute approximate surface area is 127 Å². The number of hydrogen-bond acceptors (Lipinski definition) is 3. The Morgan fingerprint density at radius 3 is 2.76 bits per heavy atom. The molecule has 0 aliphatic rings. The van der Waals surface area contributed by atoms with Crippen molar-refractivity contribution in [2.24, 2.45) is 0 Å². The highest BCUT2D eigenvalue weighted by atomic mass is 16.5. The van der Waals surface area contributed by atoms with Gasteiger partial charge in [-0.25, -0.2) is 0 Å². The van der Waals surface area contributed by atoms with E-state index in [0.29, 0.717) is 0 Å². The molecule has 21 heavy (non-hydrogen) atoms. The van der Waals surface area contributed by atoms with Crippen molar-refractivity contribution in [2.45, 2.75) is 32.7 Å². The van der Waals surface area contributed by atoms with Crippen LogP contribution in [0.1, 0.15) is 36.1 Å². The molecule has 112 valence electrons. The van der Waals surface area contributed by atoms with Crippen molar-refractivity contribution in [3.8, 4) is 5.75 Å². The van der Waals surface area contributed by atoms with Gasteiger partial charge < -0.3 is 10.1 Å². The molecule has 1 heterocycles. The van der Waals surface area contributed by atoms with Crippen LogP contribution in [0.2, 0.25) is 0 Å². The largest absolute Gasteiger partial charge is 0.496 e. The standard InChI is InChI=1S/C18H24N2O/c1-4-10-20-17(16-13-19-11-9-14(16)2)12-15-7-5-6-8-18(15)21-3/h5-9,11,13,17,20H,4,10,12H2,1-3H3. The molecule has 2 rings (SSSR count). The van der Waals surface area contributed by atoms with Crippen molar-refractivity contribution in [1.29, 1.82) is 0 Å². The van der Waals surface area contributed by atoms with Crippen molar-refractivity contribution in [3.63, 3.8) is 0 Å². The summed E-state index contributed by atoms with van der Waals surface area (Å²) in [6.45, 7) is 5.32. The highest BCUT2D eigenvalue weighted by molar-refractivity contribution is 5.36. The number of nitrogens with one attached hydrogen (secondary N) is 1. The molecule has 0 spiro atoms. The van der Waals surface area contributed by atoms with Gasteiger partial charge in [-0.1, -0.05) is 25.1 Å². The van der Waals surface area contributed by atoms with E-state index < -0.39 is 0 Å². The zero-order valence-corrected chi connectivity index (χ0v) is 13.1. The molecule has 0 aliphatic carbocycles. The SMILES string of the molecule is CCCNC(Cc1ccccc1OC)c1cnccc1C. The number of para-hydroxylation sites is 1. The molecule has 0 saturated carbocycles. The maximum Gasteiger partial charge on any atom is 0.122 e. The van der Waals surface area contributed by atoms with Gasteiger partial charge in [0, 0.05) is 18.4 Å². The second kappa shape index (κ2) is 7.79. The van der Waals surface area contributed by atoms with E-state index in [9.17, 15) is 0 Å². The molecule has 3 heteroatoms. The molecule has 0 aliphatic heterocycles. The fourth-order valence-electron chi connectivity index (χ4n) is 2.54. The smallest absolute Gasteiger partial charge is 0.122 e. The van der Waals surface area contributed by atoms with Gasteiger partial charge in [0.05, 0.1) is 7.11 Å². The molecule has 1 atom stereocenters. The predicted octanol–water partition coefficient (Wildman–Crippen LogP) is 3.68. The lowest BCUT2D eigenvalue weighted by molar-refractivity contribution is 0.405. The molecule has 0 bridgehead atoms. The number of aryl methyl sites for hydroxylation is 1. The highest BCUT2D eigenvalue weighted by Gasteiger charge is 2.16. The first-order chi connectivity index (χ1) is 10.3. The third-order valence-corrected chi connectivity index (χ3v) is 3.71. The maximum absolute atomic E-state index is 5.47. The second-order valence-corrected chi connectivity index (χ2v) is 5.25. The minimum Gasteiger partial charge on any atom is -0.496 e. The van der Waals surface area contributed by atoms with Crippen molar-refractivity contribution < 1.29 is 4.74 Å². The Hall–Kier alpha value is -1.87. The number of pyridine rings is 1. The lowest BCUT2D eigenvalue weighted by Gasteiger charge is -2.21. The third kappa shape index (κ3) is 4.05. The van der Waals surface area contributed by atoms with Crippen molar-refractivity contribution >= 4 is 0 Å². The molecule has 0 saturated heterocycles. The van der Waals surface area contributed by atoms with E-state index in [4.69, 9.17) is 4.74 Å². The fourth-order valence-corrected chi connectivity index (χ4v) is 2.54. The molecule has 2 aromatic rings. The number of hydrogen-bond donors (Lipinski definition) is 1. The van der Waals surface area contributed by atoms with Crippen LogP contribution in [0.3, 0.4) is 0 Å². The molecule has 0 fully saturated rings. The average Bonchev–Trinajstić information content (AvgIpc) is 2.52. The molecular weight excluding hydrogens is 260 g/mol. The molecule has 3 nitrogen and oxygen atoms in total. The van der Waals surface area contributed by atoms with Gasteiger partial charge >= 0.3 is 0 Å². The molecule has 0 radical (unpaired) electrons. The summed E-state index contributed by atoms with van der Waals surface area (Å²) in [7, 11) is 1.72. The molecule has 1 aromatic carbocycles. The summed E-state index contributed by atoms with van der Waals surface area (Å²) in [5.74, 6) is 0.947. The predicted molar refractivity (Wildman–Crippen MR) is 86.7 cm³/mol. The van der Waals surface area contributed by atoms with Crippen LogP contribution in [-0.4, -0.2) is 18.6 Å². The Kier molecular flexibility index (Phi) is 5.76. The van der Waals surface area contributed by atoms with E-state index in [1.54, 1.807) is 7.11 Å². The van der Waals surface area contributed by atoms with Gasteiger partial charge in [-0.2, -0.15) is 0 Å². The first-order valence-corrected chi connectivity index (χ1v) is 7.52. The second-order valence-electron chi connectivity index (χ2n) is 5.25. The number of nitrogens with zero attached hydrogens (tertiary/aromatic N) is 1. The lowest BCUT2D eigenvalue weighted by Crippen LogP contribution is -2.25. The Morgan fingerprint density at radius 1 is 1.24 bits per heavy atom. The van der Waals surface area contributed by atoms with E-state index in [0.717, 1.165) is 25.1 Å². The Balaban J connectivity index is 2.26. The van der Waals surface area contributed by atoms with Gasteiger partial charge in [0.2, 0.25) is 0 Å². The Morgan fingerprint density at radius 2 is 2.05 bits per heavy atom. The summed E-state index contributed by atoms with van der Waals surface area (Å²) in [4.78, 5) is 4.29. The monoisotopic (exact) mass is 284 g/mol. The first-order valence-electron chi connectivity index (χ1n) is 7.52. The van der Waals surface area contributed by atoms with E-state index in [-0.39, 0.29) is 6.04 Å². The van der Waals surface area contributed by atoms with E-state index in [1.165, 1.54) is 16.7 Å². The van der Waals surface area contributed by atoms with Crippen molar-refractivity contribution in [2.75, 3.05) is 13.7 Å². The zero-order valence-electron chi connectivity index (χ0n) is 13.1. The van der Waals surface area contributed by atoms with Crippen LogP contribution in [0.25, 0.3) is 0 Å². The van der Waals surface area contributed by atoms with Crippen molar-refractivity contribution in [3.05, 3.63) is 59.4 Å². The highest BCUT2D eigenvalue weighted by Crippen LogP contribution is 2.26. The molecule has 1 N–H and O–H groups in total. The zero-order chi connectivity index (χ0) is 15.1. The van der Waals surface area contributed by atoms with Crippen LogP contribution >= 0.6 is 0 Å². The summed E-state index contributed by atoms with van der Waals surface area (Å²) >= 11 is 0. The molecule has 1 aromatic heterocycles. The van der Waals surface area contributed by atoms with Gasteiger partial charge in [0.25, 0.3) is 0 Å². The van der Waals surface area contributed by atoms with Crippen LogP contribution < -0.4 is 10.1 Å². The number of ether oxygens (including phenoxy) is 1. The number of benzene rings is 1. The fraction of sp³-hybridized carbons (Fsp3) is 0.389. The van der Waals surface area contributed by atoms with E-state index in [1.807, 2.05) is 24.5 Å². The first kappa shape index (κ1) is 15.5. The van der Waals surface area contributed by atoms with Crippen LogP contribution in [0, 0.1) is 6.92 Å². The van der Waals surface area contributed by atoms with E-state index >= 15 is 0 Å². The van der Waals surface area contributed by atoms with Crippen molar-refractivity contribution in [1.82, 2.24) is 10.3 Å². The summed E-state index contributed by atoms with van der Waals surface area (Å²) in [5.41, 5.74) is 3.75. The van der Waals surface area contributed by atoms with Crippen LogP contribution in [0.15, 0.2) is 42.7 Å². The summed E-state index contributed by atoms with van der Waals surface area (Å²) in [6, 6.07) is 10.5. The Bertz CT molecular complexity index is 569. The maximum atomic E-state index is 5.47. The quantitative estimate of drug-likeness (QED) is 0.842. The molecule has 0 amide bonds. The van der Waals surface area contributed by atoms with Crippen LogP contribution in [0.5, 0.6) is 5.75 Å². The van der Waals surface area contributed by atoms with Gasteiger partial charge in [-0.3, -0.25) is 4.98 Å². The summed E-state index contributed by atoms with van der Waals surface area (Å²) in [6.07, 6.45) is 5.83. The number of rotatable bonds is 7. The minimum atomic E-state index is 0.259. The minimum absolute atomic E-state index is 0.259. The summed E-state index contributed by atoms with van der Waals surface area (Å²) < 4.78 is 5.47. The van der Waals surface area contributed by atoms with Crippen LogP contribution in [-0.2, 0) is 6.42 Å². The number of methoxy groups -OCH3 is 1. The van der Waals surface area contributed by atoms with E-state index in [2.05, 4.69) is 42.3 Å². The summed E-state index contributed by atoms with van der Waals surface area (Å²) in [5, 5.41) is 3.63. The van der Waals surface area contributed by atoms with Crippen LogP contribution in [0.4, 0.5) is 0 Å². The van der Waals surface area contributed by atoms with Gasteiger partial charge in [-0.05, 0) is 55.1 Å². The van der Waals surface area contributed by atoms with Gasteiger partial charge in [0.15, 0.2) is 0 Å². The van der Waals surface area contributed by atoms with Gasteiger partial charge in [0.1, 0.15) is 5.75 Å². The third-order valence-electron chi connectivity index (χ3n) is 3.71. The topological polar surface area (TPSA) is 34.1 Å². The molecule has 1 unspecified atom stereocenters. The number of aromatic nitrogens is 1. The van der Waals surface area contributed by atoms with Gasteiger partial charge in [-0.15, -0.1) is 0 Å².